The Balaban J connectivity index is 0.000000207. The third-order valence-electron chi connectivity index (χ3n) is 6.79. The van der Waals surface area contributed by atoms with Crippen LogP contribution in [0.4, 0.5) is 10.1 Å². The first-order chi connectivity index (χ1) is 16.6. The topological polar surface area (TPSA) is 80.0 Å². The van der Waals surface area contributed by atoms with Gasteiger partial charge in [0.05, 0.1) is 16.9 Å². The summed E-state index contributed by atoms with van der Waals surface area (Å²) in [5.74, 6) is 1.01. The lowest BCUT2D eigenvalue weighted by molar-refractivity contribution is -0.105. The van der Waals surface area contributed by atoms with Gasteiger partial charge in [-0.3, -0.25) is 9.78 Å². The molecule has 2 aromatic carbocycles. The van der Waals surface area contributed by atoms with Gasteiger partial charge in [0.15, 0.2) is 0 Å². The third kappa shape index (κ3) is 6.07. The fourth-order valence-electron chi connectivity index (χ4n) is 4.53. The molecule has 2 unspecified atom stereocenters. The Bertz CT molecular complexity index is 1050. The lowest BCUT2D eigenvalue weighted by atomic mass is 9.82. The van der Waals surface area contributed by atoms with E-state index in [1.165, 1.54) is 37.4 Å². The molecule has 3 aromatic rings. The zero-order valence-electron chi connectivity index (χ0n) is 19.4. The summed E-state index contributed by atoms with van der Waals surface area (Å²) in [6.07, 6.45) is 7.72. The number of amides is 1. The van der Waals surface area contributed by atoms with Crippen molar-refractivity contribution >= 4 is 12.1 Å². The number of rotatable bonds is 8. The Morgan fingerprint density at radius 2 is 1.88 bits per heavy atom. The molecule has 0 bridgehead atoms. The van der Waals surface area contributed by atoms with Crippen LogP contribution >= 0.6 is 0 Å². The van der Waals surface area contributed by atoms with Crippen LogP contribution in [0.15, 0.2) is 72.9 Å². The van der Waals surface area contributed by atoms with Gasteiger partial charge in [0.1, 0.15) is 5.82 Å². The number of carbonyl (C=O) groups excluding carboxylic acids is 1. The van der Waals surface area contributed by atoms with Gasteiger partial charge in [-0.25, -0.2) is 4.39 Å². The smallest absolute Gasteiger partial charge is 0.211 e. The number of halogens is 1. The van der Waals surface area contributed by atoms with E-state index in [2.05, 4.69) is 45.9 Å². The molecule has 2 fully saturated rings. The number of nitrogens with zero attached hydrogens (tertiary/aromatic N) is 1. The summed E-state index contributed by atoms with van der Waals surface area (Å²) in [7, 11) is 0. The van der Waals surface area contributed by atoms with Gasteiger partial charge < -0.3 is 16.4 Å². The Morgan fingerprint density at radius 3 is 2.53 bits per heavy atom. The van der Waals surface area contributed by atoms with Crippen molar-refractivity contribution < 1.29 is 9.18 Å². The normalized spacial score (nSPS) is 18.9. The van der Waals surface area contributed by atoms with E-state index in [9.17, 15) is 9.18 Å². The highest BCUT2D eigenvalue weighted by Crippen LogP contribution is 2.39. The van der Waals surface area contributed by atoms with Gasteiger partial charge in [0.25, 0.3) is 0 Å². The summed E-state index contributed by atoms with van der Waals surface area (Å²) in [4.78, 5) is 15.1. The molecule has 1 aliphatic heterocycles. The first kappa shape index (κ1) is 24.0. The van der Waals surface area contributed by atoms with Crippen LogP contribution in [-0.4, -0.2) is 24.5 Å². The van der Waals surface area contributed by atoms with E-state index in [-0.39, 0.29) is 5.69 Å². The Morgan fingerprint density at radius 1 is 1.09 bits per heavy atom. The Kier molecular flexibility index (Phi) is 8.03. The van der Waals surface area contributed by atoms with Gasteiger partial charge in [-0.1, -0.05) is 55.3 Å². The molecule has 1 aromatic heterocycles. The van der Waals surface area contributed by atoms with E-state index < -0.39 is 11.4 Å². The zero-order chi connectivity index (χ0) is 23.8. The number of hydrogen-bond acceptors (Lipinski definition) is 4. The predicted molar refractivity (Wildman–Crippen MR) is 134 cm³/mol. The maximum Gasteiger partial charge on any atom is 0.211 e. The first-order valence-electron chi connectivity index (χ1n) is 12.1. The summed E-state index contributed by atoms with van der Waals surface area (Å²) in [5, 5.41) is 5.76. The Labute approximate surface area is 201 Å². The van der Waals surface area contributed by atoms with Gasteiger partial charge in [0, 0.05) is 12.7 Å². The van der Waals surface area contributed by atoms with Crippen LogP contribution in [0.2, 0.25) is 0 Å². The molecule has 2 atom stereocenters. The van der Waals surface area contributed by atoms with Crippen LogP contribution in [0.3, 0.4) is 0 Å². The average Bonchev–Trinajstić information content (AvgIpc) is 3.56. The minimum atomic E-state index is -0.795. The van der Waals surface area contributed by atoms with Crippen LogP contribution in [-0.2, 0) is 10.3 Å². The standard InChI is InChI=1S/C18H20FN3O.C10H13N/c19-15-7-6-14(11-16(15)22-12-23)18(20,9-8-13-4-5-13)17-3-1-2-10-21-17;1-2-4-9(5-3-1)10-6-7-11-8-10/h1-3,6-7,10-13H,4-5,8-9,20H2,(H,22,23);1-5,10-11H,6-8H2. The molecule has 178 valence electrons. The average molecular weight is 461 g/mol. The molecule has 1 aliphatic carbocycles. The number of nitrogens with one attached hydrogen (secondary N) is 2. The number of pyridine rings is 1. The van der Waals surface area contributed by atoms with Crippen LogP contribution in [0.5, 0.6) is 0 Å². The van der Waals surface area contributed by atoms with Crippen molar-refractivity contribution in [2.75, 3.05) is 18.4 Å². The molecular formula is C28H33FN4O. The van der Waals surface area contributed by atoms with Crippen molar-refractivity contribution in [2.24, 2.45) is 11.7 Å². The van der Waals surface area contributed by atoms with E-state index in [1.807, 2.05) is 18.2 Å². The van der Waals surface area contributed by atoms with Crippen molar-refractivity contribution in [3.8, 4) is 0 Å². The number of carbonyl (C=O) groups is 1. The fourth-order valence-corrected chi connectivity index (χ4v) is 4.53. The second-order valence-electron chi connectivity index (χ2n) is 9.23. The molecule has 0 radical (unpaired) electrons. The Hall–Kier alpha value is -3.09. The summed E-state index contributed by atoms with van der Waals surface area (Å²) < 4.78 is 13.8. The first-order valence-corrected chi connectivity index (χ1v) is 12.1. The third-order valence-corrected chi connectivity index (χ3v) is 6.79. The zero-order valence-corrected chi connectivity index (χ0v) is 19.4. The SMILES string of the molecule is NC(CCC1CC1)(c1ccc(F)c(NC=O)c1)c1ccccn1.c1ccc(C2CCNC2)cc1. The van der Waals surface area contributed by atoms with Crippen molar-refractivity contribution in [1.29, 1.82) is 0 Å². The highest BCUT2D eigenvalue weighted by molar-refractivity contribution is 5.72. The largest absolute Gasteiger partial charge is 0.326 e. The molecule has 1 saturated heterocycles. The van der Waals surface area contributed by atoms with Gasteiger partial charge in [0.2, 0.25) is 6.41 Å². The summed E-state index contributed by atoms with van der Waals surface area (Å²) in [6.45, 7) is 2.34. The predicted octanol–water partition coefficient (Wildman–Crippen LogP) is 4.95. The van der Waals surface area contributed by atoms with Crippen molar-refractivity contribution in [3.05, 3.63) is 95.6 Å². The number of aromatic nitrogens is 1. The highest BCUT2D eigenvalue weighted by Gasteiger charge is 2.34. The van der Waals surface area contributed by atoms with E-state index >= 15 is 0 Å². The van der Waals surface area contributed by atoms with Gasteiger partial charge in [-0.2, -0.15) is 0 Å². The van der Waals surface area contributed by atoms with Crippen LogP contribution in [0.25, 0.3) is 0 Å². The molecule has 34 heavy (non-hydrogen) atoms. The van der Waals surface area contributed by atoms with E-state index in [0.29, 0.717) is 6.41 Å². The summed E-state index contributed by atoms with van der Waals surface area (Å²) >= 11 is 0. The minimum Gasteiger partial charge on any atom is -0.326 e. The monoisotopic (exact) mass is 460 g/mol. The second-order valence-corrected chi connectivity index (χ2v) is 9.23. The maximum absolute atomic E-state index is 13.8. The molecule has 2 aliphatic rings. The van der Waals surface area contributed by atoms with Crippen LogP contribution in [0, 0.1) is 11.7 Å². The molecule has 1 amide bonds. The number of anilines is 1. The highest BCUT2D eigenvalue weighted by atomic mass is 19.1. The minimum absolute atomic E-state index is 0.134. The van der Waals surface area contributed by atoms with Crippen LogP contribution < -0.4 is 16.4 Å². The molecule has 2 heterocycles. The fraction of sp³-hybridized carbons (Fsp3) is 0.357. The van der Waals surface area contributed by atoms with E-state index in [0.717, 1.165) is 42.5 Å². The molecule has 1 saturated carbocycles. The quantitative estimate of drug-likeness (QED) is 0.416. The number of hydrogen-bond donors (Lipinski definition) is 3. The van der Waals surface area contributed by atoms with E-state index in [4.69, 9.17) is 5.73 Å². The summed E-state index contributed by atoms with van der Waals surface area (Å²) in [6, 6.07) is 21.0. The molecule has 6 heteroatoms. The van der Waals surface area contributed by atoms with Crippen molar-refractivity contribution in [2.45, 2.75) is 43.6 Å². The molecule has 5 nitrogen and oxygen atoms in total. The van der Waals surface area contributed by atoms with Crippen LogP contribution in [0.1, 0.15) is 54.8 Å². The number of benzene rings is 2. The van der Waals surface area contributed by atoms with Gasteiger partial charge in [-0.15, -0.1) is 0 Å². The molecule has 4 N–H and O–H groups in total. The van der Waals surface area contributed by atoms with Crippen molar-refractivity contribution in [3.63, 3.8) is 0 Å². The molecular weight excluding hydrogens is 427 g/mol. The van der Waals surface area contributed by atoms with Crippen molar-refractivity contribution in [1.82, 2.24) is 10.3 Å². The lowest BCUT2D eigenvalue weighted by Gasteiger charge is -2.30. The van der Waals surface area contributed by atoms with Gasteiger partial charge >= 0.3 is 0 Å². The van der Waals surface area contributed by atoms with Gasteiger partial charge in [-0.05, 0) is 73.0 Å². The number of nitrogens with two attached hydrogens (primary N) is 1. The van der Waals surface area contributed by atoms with E-state index in [1.54, 1.807) is 18.3 Å². The maximum atomic E-state index is 13.8. The lowest BCUT2D eigenvalue weighted by Crippen LogP contribution is -2.39. The molecule has 0 spiro atoms. The molecule has 5 rings (SSSR count). The summed E-state index contributed by atoms with van der Waals surface area (Å²) in [5.41, 5.74) is 9.06. The second kappa shape index (κ2) is 11.4.